The number of nitrogens with one attached hydrogen (secondary N) is 1. The smallest absolute Gasteiger partial charge is 0.335 e. The van der Waals surface area contributed by atoms with Crippen LogP contribution < -0.4 is 19.7 Å². The highest BCUT2D eigenvalue weighted by Crippen LogP contribution is 2.38. The molecule has 0 aliphatic carbocycles. The van der Waals surface area contributed by atoms with Crippen molar-refractivity contribution in [3.63, 3.8) is 0 Å². The Morgan fingerprint density at radius 3 is 2.44 bits per heavy atom. The van der Waals surface area contributed by atoms with E-state index in [-0.39, 0.29) is 5.57 Å². The molecule has 1 saturated heterocycles. The van der Waals surface area contributed by atoms with E-state index in [1.165, 1.54) is 13.2 Å². The standard InChI is InChI=1S/C31H25BrN2O5/c1-3-19-11-13-23(14-12-19)34-30(36)25(29(35)33-31(34)37)15-20-16-26(32)28(27(17-20)38-2)39-18-22-9-6-8-21-7-4-5-10-24(21)22/h4-17H,3,18H2,1-2H3,(H,33,35,37)/b25-15+. The Labute approximate surface area is 234 Å². The van der Waals surface area contributed by atoms with Gasteiger partial charge < -0.3 is 9.47 Å². The number of ether oxygens (including phenoxy) is 2. The van der Waals surface area contributed by atoms with Crippen LogP contribution in [0.1, 0.15) is 23.6 Å². The number of fused-ring (bicyclic) bond motifs is 1. The summed E-state index contributed by atoms with van der Waals surface area (Å²) in [5.74, 6) is -0.569. The number of nitrogens with zero attached hydrogens (tertiary/aromatic N) is 1. The number of amides is 4. The van der Waals surface area contributed by atoms with Gasteiger partial charge in [0, 0.05) is 0 Å². The second-order valence-electron chi connectivity index (χ2n) is 8.94. The molecule has 4 aromatic rings. The van der Waals surface area contributed by atoms with Crippen molar-refractivity contribution in [2.24, 2.45) is 0 Å². The Balaban J connectivity index is 1.43. The Morgan fingerprint density at radius 2 is 1.69 bits per heavy atom. The zero-order valence-corrected chi connectivity index (χ0v) is 22.9. The molecular formula is C31H25BrN2O5. The SMILES string of the molecule is CCc1ccc(N2C(=O)NC(=O)/C(=C\c3cc(Br)c(OCc4cccc5ccccc45)c(OC)c3)C2=O)cc1. The van der Waals surface area contributed by atoms with Gasteiger partial charge in [0.25, 0.3) is 11.8 Å². The van der Waals surface area contributed by atoms with E-state index >= 15 is 0 Å². The molecule has 196 valence electrons. The van der Waals surface area contributed by atoms with Gasteiger partial charge in [0.15, 0.2) is 11.5 Å². The first-order valence-corrected chi connectivity index (χ1v) is 13.2. The fraction of sp³-hybridized carbons (Fsp3) is 0.129. The summed E-state index contributed by atoms with van der Waals surface area (Å²) in [7, 11) is 1.52. The predicted octanol–water partition coefficient (Wildman–Crippen LogP) is 6.42. The van der Waals surface area contributed by atoms with Gasteiger partial charge in [-0.2, -0.15) is 0 Å². The van der Waals surface area contributed by atoms with Gasteiger partial charge in [0.05, 0.1) is 17.3 Å². The maximum Gasteiger partial charge on any atom is 0.335 e. The van der Waals surface area contributed by atoms with E-state index in [1.54, 1.807) is 24.3 Å². The van der Waals surface area contributed by atoms with Crippen molar-refractivity contribution < 1.29 is 23.9 Å². The van der Waals surface area contributed by atoms with Crippen LogP contribution in [0, 0.1) is 0 Å². The predicted molar refractivity (Wildman–Crippen MR) is 154 cm³/mol. The van der Waals surface area contributed by atoms with Crippen LogP contribution in [0.4, 0.5) is 10.5 Å². The van der Waals surface area contributed by atoms with E-state index in [2.05, 4.69) is 33.4 Å². The summed E-state index contributed by atoms with van der Waals surface area (Å²) >= 11 is 3.54. The van der Waals surface area contributed by atoms with Gasteiger partial charge in [-0.05, 0) is 80.2 Å². The largest absolute Gasteiger partial charge is 0.493 e. The van der Waals surface area contributed by atoms with E-state index in [4.69, 9.17) is 9.47 Å². The molecule has 0 atom stereocenters. The van der Waals surface area contributed by atoms with Gasteiger partial charge >= 0.3 is 6.03 Å². The molecule has 4 aromatic carbocycles. The molecule has 0 unspecified atom stereocenters. The molecule has 8 heteroatoms. The lowest BCUT2D eigenvalue weighted by molar-refractivity contribution is -0.122. The number of hydrogen-bond acceptors (Lipinski definition) is 5. The number of barbiturate groups is 1. The van der Waals surface area contributed by atoms with Crippen molar-refractivity contribution in [2.45, 2.75) is 20.0 Å². The quantitative estimate of drug-likeness (QED) is 0.200. The molecule has 1 N–H and O–H groups in total. The van der Waals surface area contributed by atoms with Crippen molar-refractivity contribution in [2.75, 3.05) is 12.0 Å². The molecule has 1 aliphatic rings. The number of imide groups is 2. The molecule has 7 nitrogen and oxygen atoms in total. The number of carbonyl (C=O) groups excluding carboxylic acids is 3. The summed E-state index contributed by atoms with van der Waals surface area (Å²) in [5, 5.41) is 4.48. The first-order chi connectivity index (χ1) is 18.9. The number of aryl methyl sites for hydroxylation is 1. The van der Waals surface area contributed by atoms with Crippen LogP contribution >= 0.6 is 15.9 Å². The van der Waals surface area contributed by atoms with Gasteiger partial charge in [-0.3, -0.25) is 14.9 Å². The summed E-state index contributed by atoms with van der Waals surface area (Å²) in [6.07, 6.45) is 2.25. The van der Waals surface area contributed by atoms with E-state index in [9.17, 15) is 14.4 Å². The van der Waals surface area contributed by atoms with Crippen molar-refractivity contribution in [3.8, 4) is 11.5 Å². The second-order valence-corrected chi connectivity index (χ2v) is 9.79. The van der Waals surface area contributed by atoms with Crippen molar-refractivity contribution in [1.82, 2.24) is 5.32 Å². The molecule has 5 rings (SSSR count). The van der Waals surface area contributed by atoms with Gasteiger partial charge in [-0.15, -0.1) is 0 Å². The minimum absolute atomic E-state index is 0.174. The number of methoxy groups -OCH3 is 1. The Morgan fingerprint density at radius 1 is 0.949 bits per heavy atom. The highest BCUT2D eigenvalue weighted by Gasteiger charge is 2.36. The van der Waals surface area contributed by atoms with Crippen molar-refractivity contribution in [1.29, 1.82) is 0 Å². The van der Waals surface area contributed by atoms with Crippen molar-refractivity contribution >= 4 is 56.3 Å². The number of carbonyl (C=O) groups is 3. The molecule has 1 aliphatic heterocycles. The van der Waals surface area contributed by atoms with Crippen LogP contribution in [0.15, 0.2) is 88.9 Å². The van der Waals surface area contributed by atoms with Crippen LogP contribution in [-0.2, 0) is 22.6 Å². The van der Waals surface area contributed by atoms with E-state index in [0.29, 0.717) is 33.8 Å². The fourth-order valence-corrected chi connectivity index (χ4v) is 5.04. The molecule has 1 fully saturated rings. The molecule has 39 heavy (non-hydrogen) atoms. The molecule has 0 radical (unpaired) electrons. The van der Waals surface area contributed by atoms with E-state index in [0.717, 1.165) is 33.2 Å². The maximum absolute atomic E-state index is 13.3. The van der Waals surface area contributed by atoms with Gasteiger partial charge in [-0.1, -0.05) is 61.5 Å². The number of rotatable bonds is 7. The lowest BCUT2D eigenvalue weighted by Crippen LogP contribution is -2.54. The molecule has 0 aromatic heterocycles. The van der Waals surface area contributed by atoms with Gasteiger partial charge in [0.1, 0.15) is 12.2 Å². The molecule has 0 bridgehead atoms. The summed E-state index contributed by atoms with van der Waals surface area (Å²) in [5.41, 5.74) is 2.81. The van der Waals surface area contributed by atoms with Crippen LogP contribution in [0.5, 0.6) is 11.5 Å². The lowest BCUT2D eigenvalue weighted by atomic mass is 10.0. The molecule has 1 heterocycles. The first kappa shape index (κ1) is 26.2. The molecule has 0 saturated carbocycles. The average Bonchev–Trinajstić information content (AvgIpc) is 2.94. The van der Waals surface area contributed by atoms with Gasteiger partial charge in [0.2, 0.25) is 0 Å². The monoisotopic (exact) mass is 584 g/mol. The third-order valence-corrected chi connectivity index (χ3v) is 7.11. The van der Waals surface area contributed by atoms with E-state index < -0.39 is 17.8 Å². The lowest BCUT2D eigenvalue weighted by Gasteiger charge is -2.26. The Kier molecular flexibility index (Phi) is 7.47. The van der Waals surface area contributed by atoms with Gasteiger partial charge in [-0.25, -0.2) is 9.69 Å². The highest BCUT2D eigenvalue weighted by atomic mass is 79.9. The zero-order valence-electron chi connectivity index (χ0n) is 21.4. The minimum atomic E-state index is -0.789. The highest BCUT2D eigenvalue weighted by molar-refractivity contribution is 9.10. The van der Waals surface area contributed by atoms with Crippen LogP contribution in [0.2, 0.25) is 0 Å². The second kappa shape index (κ2) is 11.1. The van der Waals surface area contributed by atoms with Crippen LogP contribution in [0.3, 0.4) is 0 Å². The number of halogens is 1. The number of hydrogen-bond donors (Lipinski definition) is 1. The minimum Gasteiger partial charge on any atom is -0.493 e. The Hall–Kier alpha value is -4.43. The number of urea groups is 1. The fourth-order valence-electron chi connectivity index (χ4n) is 4.47. The number of anilines is 1. The van der Waals surface area contributed by atoms with Crippen molar-refractivity contribution in [3.05, 3.63) is 106 Å². The number of benzene rings is 4. The summed E-state index contributed by atoms with van der Waals surface area (Å²) in [4.78, 5) is 39.4. The third kappa shape index (κ3) is 5.28. The molecule has 0 spiro atoms. The third-order valence-electron chi connectivity index (χ3n) is 6.52. The first-order valence-electron chi connectivity index (χ1n) is 12.4. The molecule has 4 amide bonds. The summed E-state index contributed by atoms with van der Waals surface area (Å²) in [6, 6.07) is 23.8. The van der Waals surface area contributed by atoms with Crippen LogP contribution in [-0.4, -0.2) is 25.0 Å². The maximum atomic E-state index is 13.3. The van der Waals surface area contributed by atoms with E-state index in [1.807, 2.05) is 49.4 Å². The summed E-state index contributed by atoms with van der Waals surface area (Å²) < 4.78 is 12.3. The van der Waals surface area contributed by atoms with Crippen LogP contribution in [0.25, 0.3) is 16.8 Å². The molecular weight excluding hydrogens is 560 g/mol. The Bertz CT molecular complexity index is 1620. The average molecular weight is 585 g/mol. The summed E-state index contributed by atoms with van der Waals surface area (Å²) in [6.45, 7) is 2.32. The topological polar surface area (TPSA) is 84.9 Å². The normalized spacial score (nSPS) is 14.6. The zero-order chi connectivity index (χ0) is 27.5.